The van der Waals surface area contributed by atoms with Gasteiger partial charge in [0.05, 0.1) is 5.75 Å². The summed E-state index contributed by atoms with van der Waals surface area (Å²) in [4.78, 5) is 29.2. The summed E-state index contributed by atoms with van der Waals surface area (Å²) >= 11 is 7.50. The van der Waals surface area contributed by atoms with Crippen molar-refractivity contribution in [2.45, 2.75) is 63.4 Å². The van der Waals surface area contributed by atoms with Crippen molar-refractivity contribution in [3.8, 4) is 0 Å². The van der Waals surface area contributed by atoms with Crippen molar-refractivity contribution >= 4 is 35.2 Å². The van der Waals surface area contributed by atoms with Crippen molar-refractivity contribution in [1.82, 2.24) is 10.2 Å². The van der Waals surface area contributed by atoms with Crippen LogP contribution in [-0.2, 0) is 28.3 Å². The molecule has 0 unspecified atom stereocenters. The standard InChI is InChI=1S/C31H34ClFN2O2S/c1-22-10-5-6-13-24(22)19-35(30(36)21-38-20-26-27(32)16-9-17-28(26)33)29(18-23-11-3-2-4-12-23)31(37)34-25-14-7-8-15-25/h2-6,9-13,16-17,25,29H,7-8,14-15,18-21H2,1H3,(H,34,37)/t29-/m1/s1. The predicted molar refractivity (Wildman–Crippen MR) is 154 cm³/mol. The minimum atomic E-state index is -0.664. The smallest absolute Gasteiger partial charge is 0.243 e. The first-order valence-electron chi connectivity index (χ1n) is 13.1. The second-order valence-electron chi connectivity index (χ2n) is 9.84. The first-order chi connectivity index (χ1) is 18.4. The average molecular weight is 553 g/mol. The van der Waals surface area contributed by atoms with Crippen LogP contribution in [0.25, 0.3) is 0 Å². The Bertz CT molecular complexity index is 1210. The van der Waals surface area contributed by atoms with E-state index in [1.165, 1.54) is 17.8 Å². The number of carbonyl (C=O) groups excluding carboxylic acids is 2. The second-order valence-corrected chi connectivity index (χ2v) is 11.2. The summed E-state index contributed by atoms with van der Waals surface area (Å²) in [6.07, 6.45) is 4.56. The van der Waals surface area contributed by atoms with E-state index in [-0.39, 0.29) is 35.2 Å². The average Bonchev–Trinajstić information content (AvgIpc) is 3.42. The topological polar surface area (TPSA) is 49.4 Å². The second kappa shape index (κ2) is 13.8. The number of aryl methyl sites for hydroxylation is 1. The number of halogens is 2. The number of rotatable bonds is 11. The van der Waals surface area contributed by atoms with E-state index < -0.39 is 6.04 Å². The van der Waals surface area contributed by atoms with E-state index in [4.69, 9.17) is 11.6 Å². The molecule has 38 heavy (non-hydrogen) atoms. The molecule has 7 heteroatoms. The number of benzene rings is 3. The van der Waals surface area contributed by atoms with Crippen LogP contribution in [0.4, 0.5) is 4.39 Å². The Morgan fingerprint density at radius 1 is 1.03 bits per heavy atom. The third kappa shape index (κ3) is 7.61. The molecule has 0 heterocycles. The lowest BCUT2D eigenvalue weighted by atomic mass is 10.0. The van der Waals surface area contributed by atoms with Gasteiger partial charge in [0.2, 0.25) is 11.8 Å². The van der Waals surface area contributed by atoms with Crippen molar-refractivity contribution in [3.05, 3.63) is 106 Å². The Morgan fingerprint density at radius 2 is 1.74 bits per heavy atom. The third-order valence-corrected chi connectivity index (χ3v) is 8.41. The van der Waals surface area contributed by atoms with E-state index in [2.05, 4.69) is 5.32 Å². The number of thioether (sulfide) groups is 1. The van der Waals surface area contributed by atoms with Gasteiger partial charge in [-0.25, -0.2) is 4.39 Å². The van der Waals surface area contributed by atoms with Crippen molar-refractivity contribution in [2.24, 2.45) is 0 Å². The molecule has 3 aromatic rings. The van der Waals surface area contributed by atoms with Crippen LogP contribution in [0.1, 0.15) is 47.9 Å². The molecule has 1 N–H and O–H groups in total. The molecule has 4 rings (SSSR count). The van der Waals surface area contributed by atoms with E-state index in [1.807, 2.05) is 61.5 Å². The van der Waals surface area contributed by atoms with Gasteiger partial charge in [-0.05, 0) is 48.6 Å². The summed E-state index contributed by atoms with van der Waals surface area (Å²) in [7, 11) is 0. The molecule has 0 radical (unpaired) electrons. The molecule has 0 aromatic heterocycles. The fourth-order valence-electron chi connectivity index (χ4n) is 4.89. The zero-order valence-electron chi connectivity index (χ0n) is 21.7. The van der Waals surface area contributed by atoms with Gasteiger partial charge in [0.15, 0.2) is 0 Å². The molecule has 1 saturated carbocycles. The highest BCUT2D eigenvalue weighted by atomic mass is 35.5. The molecule has 0 aliphatic heterocycles. The van der Waals surface area contributed by atoms with Gasteiger partial charge < -0.3 is 10.2 Å². The van der Waals surface area contributed by atoms with Crippen molar-refractivity contribution in [2.75, 3.05) is 5.75 Å². The predicted octanol–water partition coefficient (Wildman–Crippen LogP) is 6.72. The van der Waals surface area contributed by atoms with Crippen LogP contribution in [0.3, 0.4) is 0 Å². The van der Waals surface area contributed by atoms with Crippen LogP contribution >= 0.6 is 23.4 Å². The van der Waals surface area contributed by atoms with Gasteiger partial charge in [0.25, 0.3) is 0 Å². The number of amides is 2. The maximum Gasteiger partial charge on any atom is 0.243 e. The minimum Gasteiger partial charge on any atom is -0.352 e. The fraction of sp³-hybridized carbons (Fsp3) is 0.355. The normalized spacial score (nSPS) is 14.3. The lowest BCUT2D eigenvalue weighted by molar-refractivity contribution is -0.139. The monoisotopic (exact) mass is 552 g/mol. The maximum absolute atomic E-state index is 14.3. The zero-order chi connectivity index (χ0) is 26.9. The maximum atomic E-state index is 14.3. The van der Waals surface area contributed by atoms with Gasteiger partial charge in [0.1, 0.15) is 11.9 Å². The molecule has 2 amide bonds. The molecule has 1 aliphatic carbocycles. The lowest BCUT2D eigenvalue weighted by Crippen LogP contribution is -2.52. The van der Waals surface area contributed by atoms with Gasteiger partial charge in [-0.15, -0.1) is 11.8 Å². The van der Waals surface area contributed by atoms with Crippen LogP contribution in [0.2, 0.25) is 5.02 Å². The van der Waals surface area contributed by atoms with Gasteiger partial charge in [-0.2, -0.15) is 0 Å². The molecule has 0 spiro atoms. The fourth-order valence-corrected chi connectivity index (χ4v) is 6.14. The Hall–Kier alpha value is -2.83. The van der Waals surface area contributed by atoms with Crippen LogP contribution in [0.5, 0.6) is 0 Å². The Labute approximate surface area is 234 Å². The molecular weight excluding hydrogens is 519 g/mol. The molecule has 3 aromatic carbocycles. The summed E-state index contributed by atoms with van der Waals surface area (Å²) in [6, 6.07) is 21.8. The quantitative estimate of drug-likeness (QED) is 0.287. The van der Waals surface area contributed by atoms with Gasteiger partial charge in [-0.3, -0.25) is 9.59 Å². The number of hydrogen-bond acceptors (Lipinski definition) is 3. The summed E-state index contributed by atoms with van der Waals surface area (Å²) in [5.41, 5.74) is 3.44. The molecular formula is C31H34ClFN2O2S. The van der Waals surface area contributed by atoms with Gasteiger partial charge in [-0.1, -0.05) is 85.1 Å². The van der Waals surface area contributed by atoms with Gasteiger partial charge >= 0.3 is 0 Å². The van der Waals surface area contributed by atoms with Crippen LogP contribution in [0.15, 0.2) is 72.8 Å². The first-order valence-corrected chi connectivity index (χ1v) is 14.6. The molecule has 4 nitrogen and oxygen atoms in total. The van der Waals surface area contributed by atoms with Gasteiger partial charge in [0, 0.05) is 35.3 Å². The number of nitrogens with one attached hydrogen (secondary N) is 1. The van der Waals surface area contributed by atoms with Crippen molar-refractivity contribution in [3.63, 3.8) is 0 Å². The highest BCUT2D eigenvalue weighted by Crippen LogP contribution is 2.25. The number of hydrogen-bond donors (Lipinski definition) is 1. The summed E-state index contributed by atoms with van der Waals surface area (Å²) < 4.78 is 14.3. The number of carbonyl (C=O) groups is 2. The Morgan fingerprint density at radius 3 is 2.45 bits per heavy atom. The first kappa shape index (κ1) is 28.2. The zero-order valence-corrected chi connectivity index (χ0v) is 23.2. The van der Waals surface area contributed by atoms with E-state index in [0.29, 0.717) is 23.6 Å². The highest BCUT2D eigenvalue weighted by molar-refractivity contribution is 7.99. The Balaban J connectivity index is 1.59. The number of nitrogens with zero attached hydrogens (tertiary/aromatic N) is 1. The summed E-state index contributed by atoms with van der Waals surface area (Å²) in [5, 5.41) is 3.57. The highest BCUT2D eigenvalue weighted by Gasteiger charge is 2.32. The van der Waals surface area contributed by atoms with Crippen molar-refractivity contribution in [1.29, 1.82) is 0 Å². The van der Waals surface area contributed by atoms with E-state index >= 15 is 0 Å². The minimum absolute atomic E-state index is 0.110. The molecule has 200 valence electrons. The summed E-state index contributed by atoms with van der Waals surface area (Å²) in [6.45, 7) is 2.33. The SMILES string of the molecule is Cc1ccccc1CN(C(=O)CSCc1c(F)cccc1Cl)[C@H](Cc1ccccc1)C(=O)NC1CCCC1. The molecule has 1 fully saturated rings. The largest absolute Gasteiger partial charge is 0.352 e. The van der Waals surface area contributed by atoms with E-state index in [9.17, 15) is 14.0 Å². The third-order valence-electron chi connectivity index (χ3n) is 7.11. The molecule has 1 aliphatic rings. The lowest BCUT2D eigenvalue weighted by Gasteiger charge is -2.32. The molecule has 0 bridgehead atoms. The van der Waals surface area contributed by atoms with E-state index in [0.717, 1.165) is 42.4 Å². The summed E-state index contributed by atoms with van der Waals surface area (Å²) in [5.74, 6) is -0.281. The van der Waals surface area contributed by atoms with Crippen LogP contribution in [0, 0.1) is 12.7 Å². The van der Waals surface area contributed by atoms with Crippen LogP contribution in [-0.4, -0.2) is 34.6 Å². The van der Waals surface area contributed by atoms with Crippen LogP contribution < -0.4 is 5.32 Å². The molecule has 0 saturated heterocycles. The Kier molecular flexibility index (Phi) is 10.2. The molecule has 1 atom stereocenters. The van der Waals surface area contributed by atoms with Crippen molar-refractivity contribution < 1.29 is 14.0 Å². The van der Waals surface area contributed by atoms with E-state index in [1.54, 1.807) is 17.0 Å².